The molecule has 0 bridgehead atoms. The molecule has 168 valence electrons. The standard InChI is InChI=1S/C21H21ClF2O7/c22-13-8-14(26)12(19-18(27)20(28)21(23,24)17(9-25)31-19)7-11(13)5-10-1-2-15-16(6-10)30-4-3-29-15/h1-2,6-8,17-20,25-28H,3-5,9H2/t17-,18+,19+,20-/m1/s1. The molecule has 1 fully saturated rings. The molecule has 0 spiro atoms. The highest BCUT2D eigenvalue weighted by molar-refractivity contribution is 6.31. The molecular formula is C21H21ClF2O7. The number of ether oxygens (including phenoxy) is 3. The summed E-state index contributed by atoms with van der Waals surface area (Å²) in [6.07, 6.45) is -7.77. The zero-order valence-electron chi connectivity index (χ0n) is 16.2. The number of hydrogen-bond acceptors (Lipinski definition) is 7. The molecular weight excluding hydrogens is 438 g/mol. The topological polar surface area (TPSA) is 109 Å². The van der Waals surface area contributed by atoms with Gasteiger partial charge in [0.05, 0.1) is 6.61 Å². The van der Waals surface area contributed by atoms with Crippen LogP contribution in [0.4, 0.5) is 8.78 Å². The van der Waals surface area contributed by atoms with E-state index in [4.69, 9.17) is 25.8 Å². The number of benzene rings is 2. The quantitative estimate of drug-likeness (QED) is 0.556. The van der Waals surface area contributed by atoms with Gasteiger partial charge in [0.1, 0.15) is 43.4 Å². The first-order valence-electron chi connectivity index (χ1n) is 9.62. The molecule has 2 aromatic carbocycles. The Morgan fingerprint density at radius 1 is 1.06 bits per heavy atom. The van der Waals surface area contributed by atoms with Crippen LogP contribution >= 0.6 is 11.6 Å². The SMILES string of the molecule is OC[C@H]1O[C@@H](c2cc(Cc3ccc4c(c3)OCCO4)c(Cl)cc2O)[C@H](O)[C@@H](O)C1(F)F. The second-order valence-electron chi connectivity index (χ2n) is 7.50. The molecule has 0 radical (unpaired) electrons. The van der Waals surface area contributed by atoms with Gasteiger partial charge in [-0.25, -0.2) is 8.78 Å². The smallest absolute Gasteiger partial charge is 0.303 e. The highest BCUT2D eigenvalue weighted by Gasteiger charge is 2.57. The van der Waals surface area contributed by atoms with Crippen LogP contribution in [0.3, 0.4) is 0 Å². The Morgan fingerprint density at radius 3 is 2.48 bits per heavy atom. The monoisotopic (exact) mass is 458 g/mol. The molecule has 7 nitrogen and oxygen atoms in total. The van der Waals surface area contributed by atoms with Crippen molar-refractivity contribution in [3.8, 4) is 17.2 Å². The third kappa shape index (κ3) is 4.04. The number of phenols is 1. The van der Waals surface area contributed by atoms with E-state index in [2.05, 4.69) is 0 Å². The summed E-state index contributed by atoms with van der Waals surface area (Å²) in [5.74, 6) is -3.05. The summed E-state index contributed by atoms with van der Waals surface area (Å²) in [6.45, 7) is -0.189. The first-order valence-corrected chi connectivity index (χ1v) is 10.00. The van der Waals surface area contributed by atoms with Crippen LogP contribution < -0.4 is 9.47 Å². The lowest BCUT2D eigenvalue weighted by atomic mass is 9.89. The number of aliphatic hydroxyl groups excluding tert-OH is 3. The summed E-state index contributed by atoms with van der Waals surface area (Å²) in [6, 6.07) is 8.00. The summed E-state index contributed by atoms with van der Waals surface area (Å²) in [5.41, 5.74) is 1.31. The van der Waals surface area contributed by atoms with Crippen LogP contribution in [0.25, 0.3) is 0 Å². The molecule has 2 heterocycles. The Bertz CT molecular complexity index is 967. The fourth-order valence-corrected chi connectivity index (χ4v) is 3.99. The number of alkyl halides is 2. The van der Waals surface area contributed by atoms with Crippen molar-refractivity contribution in [2.45, 2.75) is 36.8 Å². The molecule has 4 rings (SSSR count). The van der Waals surface area contributed by atoms with E-state index in [9.17, 15) is 29.2 Å². The van der Waals surface area contributed by atoms with Crippen molar-refractivity contribution in [2.75, 3.05) is 19.8 Å². The van der Waals surface area contributed by atoms with Gasteiger partial charge in [0, 0.05) is 10.6 Å². The van der Waals surface area contributed by atoms with Gasteiger partial charge in [-0.15, -0.1) is 0 Å². The number of aliphatic hydroxyl groups is 3. The van der Waals surface area contributed by atoms with E-state index in [1.165, 1.54) is 12.1 Å². The van der Waals surface area contributed by atoms with Crippen LogP contribution in [0.15, 0.2) is 30.3 Å². The number of phenolic OH excluding ortho intramolecular Hbond substituents is 1. The Kier molecular flexibility index (Phi) is 5.97. The van der Waals surface area contributed by atoms with Crippen molar-refractivity contribution in [3.63, 3.8) is 0 Å². The normalized spacial score (nSPS) is 27.2. The van der Waals surface area contributed by atoms with Gasteiger partial charge in [-0.05, 0) is 41.8 Å². The van der Waals surface area contributed by atoms with Gasteiger partial charge in [-0.1, -0.05) is 17.7 Å². The van der Waals surface area contributed by atoms with E-state index in [1.54, 1.807) is 12.1 Å². The molecule has 0 amide bonds. The second kappa shape index (κ2) is 8.40. The van der Waals surface area contributed by atoms with Crippen molar-refractivity contribution in [1.82, 2.24) is 0 Å². The maximum Gasteiger partial charge on any atom is 0.303 e. The summed E-state index contributed by atoms with van der Waals surface area (Å²) in [5, 5.41) is 39.9. The molecule has 0 saturated carbocycles. The molecule has 2 aliphatic heterocycles. The minimum absolute atomic E-state index is 0.0301. The summed E-state index contributed by atoms with van der Waals surface area (Å²) in [7, 11) is 0. The van der Waals surface area contributed by atoms with Gasteiger partial charge >= 0.3 is 5.92 Å². The lowest BCUT2D eigenvalue weighted by Gasteiger charge is -2.42. The average molecular weight is 459 g/mol. The molecule has 0 aliphatic carbocycles. The van der Waals surface area contributed by atoms with Gasteiger partial charge in [-0.2, -0.15) is 0 Å². The fraction of sp³-hybridized carbons (Fsp3) is 0.429. The molecule has 4 atom stereocenters. The predicted molar refractivity (Wildman–Crippen MR) is 105 cm³/mol. The highest BCUT2D eigenvalue weighted by atomic mass is 35.5. The summed E-state index contributed by atoms with van der Waals surface area (Å²) in [4.78, 5) is 0. The van der Waals surface area contributed by atoms with E-state index in [0.29, 0.717) is 36.7 Å². The number of rotatable bonds is 4. The zero-order chi connectivity index (χ0) is 22.3. The lowest BCUT2D eigenvalue weighted by Crippen LogP contribution is -2.59. The average Bonchev–Trinajstić information content (AvgIpc) is 2.75. The second-order valence-corrected chi connectivity index (χ2v) is 7.90. The molecule has 2 aliphatic rings. The van der Waals surface area contributed by atoms with Crippen LogP contribution in [0, 0.1) is 0 Å². The van der Waals surface area contributed by atoms with Crippen LogP contribution in [-0.2, 0) is 11.2 Å². The Labute approximate surface area is 181 Å². The minimum atomic E-state index is -3.86. The largest absolute Gasteiger partial charge is 0.508 e. The molecule has 31 heavy (non-hydrogen) atoms. The Balaban J connectivity index is 1.65. The van der Waals surface area contributed by atoms with Crippen LogP contribution in [0.1, 0.15) is 22.8 Å². The molecule has 0 aromatic heterocycles. The van der Waals surface area contributed by atoms with Crippen molar-refractivity contribution in [1.29, 1.82) is 0 Å². The third-order valence-corrected chi connectivity index (χ3v) is 5.79. The van der Waals surface area contributed by atoms with Crippen LogP contribution in [0.5, 0.6) is 17.2 Å². The van der Waals surface area contributed by atoms with Crippen molar-refractivity contribution in [2.24, 2.45) is 0 Å². The zero-order valence-corrected chi connectivity index (χ0v) is 16.9. The number of fused-ring (bicyclic) bond motifs is 1. The van der Waals surface area contributed by atoms with Crippen LogP contribution in [0.2, 0.25) is 5.02 Å². The third-order valence-electron chi connectivity index (χ3n) is 5.44. The molecule has 10 heteroatoms. The van der Waals surface area contributed by atoms with Gasteiger partial charge in [0.25, 0.3) is 0 Å². The first kappa shape index (κ1) is 22.0. The maximum atomic E-state index is 14.1. The van der Waals surface area contributed by atoms with E-state index >= 15 is 0 Å². The predicted octanol–water partition coefficient (Wildman–Crippen LogP) is 2.20. The Hall–Kier alpha value is -2.17. The maximum absolute atomic E-state index is 14.1. The molecule has 4 N–H and O–H groups in total. The van der Waals surface area contributed by atoms with E-state index < -0.39 is 42.7 Å². The lowest BCUT2D eigenvalue weighted by molar-refractivity contribution is -0.296. The number of halogens is 3. The van der Waals surface area contributed by atoms with E-state index in [1.807, 2.05) is 6.07 Å². The van der Waals surface area contributed by atoms with Crippen molar-refractivity contribution < 1.29 is 43.4 Å². The van der Waals surface area contributed by atoms with Crippen LogP contribution in [-0.4, -0.2) is 64.5 Å². The minimum Gasteiger partial charge on any atom is -0.508 e. The number of aromatic hydroxyl groups is 1. The van der Waals surface area contributed by atoms with Gasteiger partial charge in [0.15, 0.2) is 11.5 Å². The molecule has 0 unspecified atom stereocenters. The van der Waals surface area contributed by atoms with Crippen molar-refractivity contribution in [3.05, 3.63) is 52.0 Å². The van der Waals surface area contributed by atoms with Crippen molar-refractivity contribution >= 4 is 11.6 Å². The first-order chi connectivity index (χ1) is 14.7. The van der Waals surface area contributed by atoms with E-state index in [-0.39, 0.29) is 10.6 Å². The summed E-state index contributed by atoms with van der Waals surface area (Å²) < 4.78 is 44.4. The summed E-state index contributed by atoms with van der Waals surface area (Å²) >= 11 is 6.27. The van der Waals surface area contributed by atoms with E-state index in [0.717, 1.165) is 5.56 Å². The van der Waals surface area contributed by atoms with Gasteiger partial charge in [-0.3, -0.25) is 0 Å². The molecule has 2 aromatic rings. The van der Waals surface area contributed by atoms with Gasteiger partial charge in [0.2, 0.25) is 0 Å². The van der Waals surface area contributed by atoms with Gasteiger partial charge < -0.3 is 34.6 Å². The fourth-order valence-electron chi connectivity index (χ4n) is 3.76. The Morgan fingerprint density at radius 2 is 1.77 bits per heavy atom. The number of hydrogen-bond donors (Lipinski definition) is 4. The highest BCUT2D eigenvalue weighted by Crippen LogP contribution is 2.44. The molecule has 1 saturated heterocycles.